The van der Waals surface area contributed by atoms with Crippen LogP contribution in [0.4, 0.5) is 0 Å². The van der Waals surface area contributed by atoms with E-state index in [1.54, 1.807) is 29.6 Å². The van der Waals surface area contributed by atoms with Crippen LogP contribution >= 0.6 is 0 Å². The minimum atomic E-state index is -3.50. The van der Waals surface area contributed by atoms with Crippen LogP contribution in [0.25, 0.3) is 10.9 Å². The van der Waals surface area contributed by atoms with Crippen molar-refractivity contribution in [3.8, 4) is 5.75 Å². The van der Waals surface area contributed by atoms with Crippen molar-refractivity contribution in [1.82, 2.24) is 9.29 Å². The second-order valence-corrected chi connectivity index (χ2v) is 8.31. The summed E-state index contributed by atoms with van der Waals surface area (Å²) in [6.07, 6.45) is 0.665. The van der Waals surface area contributed by atoms with Gasteiger partial charge in [0.1, 0.15) is 5.75 Å². The third-order valence-corrected chi connectivity index (χ3v) is 6.63. The molecule has 0 saturated heterocycles. The van der Waals surface area contributed by atoms with Crippen LogP contribution in [0.1, 0.15) is 16.8 Å². The molecule has 1 aliphatic rings. The molecule has 0 amide bonds. The van der Waals surface area contributed by atoms with Crippen molar-refractivity contribution in [1.29, 1.82) is 0 Å². The number of aromatic nitrogens is 1. The van der Waals surface area contributed by atoms with E-state index >= 15 is 0 Å². The number of nitrogens with one attached hydrogen (secondary N) is 1. The molecule has 0 unspecified atom stereocenters. The van der Waals surface area contributed by atoms with Crippen molar-refractivity contribution in [2.24, 2.45) is 0 Å². The summed E-state index contributed by atoms with van der Waals surface area (Å²) >= 11 is 0. The maximum atomic E-state index is 13.0. The molecule has 2 aromatic carbocycles. The Bertz CT molecular complexity index is 1050. The first kappa shape index (κ1) is 16.2. The molecule has 2 heterocycles. The molecule has 0 spiro atoms. The van der Waals surface area contributed by atoms with Crippen molar-refractivity contribution in [2.75, 3.05) is 13.7 Å². The molecule has 0 aliphatic carbocycles. The lowest BCUT2D eigenvalue weighted by Crippen LogP contribution is -2.35. The van der Waals surface area contributed by atoms with Gasteiger partial charge in [0.25, 0.3) is 0 Å². The number of hydrogen-bond acceptors (Lipinski definition) is 3. The predicted octanol–water partition coefficient (Wildman–Crippen LogP) is 3.23. The zero-order valence-corrected chi connectivity index (χ0v) is 15.1. The Labute approximate surface area is 147 Å². The number of nitrogens with zero attached hydrogens (tertiary/aromatic N) is 1. The summed E-state index contributed by atoms with van der Waals surface area (Å²) in [5.74, 6) is 0.778. The van der Waals surface area contributed by atoms with Crippen molar-refractivity contribution in [3.63, 3.8) is 0 Å². The van der Waals surface area contributed by atoms with Gasteiger partial charge in [-0.15, -0.1) is 0 Å². The first-order valence-electron chi connectivity index (χ1n) is 8.24. The first-order chi connectivity index (χ1) is 12.0. The maximum Gasteiger partial charge on any atom is 0.243 e. The molecule has 1 aromatic heterocycles. The van der Waals surface area contributed by atoms with Crippen LogP contribution in [-0.2, 0) is 23.0 Å². The Morgan fingerprint density at radius 3 is 2.72 bits per heavy atom. The topological polar surface area (TPSA) is 62.4 Å². The summed E-state index contributed by atoms with van der Waals surface area (Å²) in [4.78, 5) is 3.76. The van der Waals surface area contributed by atoms with E-state index in [9.17, 15) is 8.42 Å². The smallest absolute Gasteiger partial charge is 0.243 e. The Hall–Kier alpha value is -2.31. The standard InChI is InChI=1S/C19H20N2O3S/c1-13-5-3-6-14(11-13)25(22,23)21-10-9-17-16(12-21)15-7-4-8-18(24-2)19(15)20-17/h3-8,11,20H,9-10,12H2,1-2H3. The molecule has 6 heteroatoms. The number of hydrogen-bond donors (Lipinski definition) is 1. The Balaban J connectivity index is 1.76. The van der Waals surface area contributed by atoms with Crippen molar-refractivity contribution >= 4 is 20.9 Å². The molecule has 0 atom stereocenters. The fourth-order valence-corrected chi connectivity index (χ4v) is 5.00. The zero-order chi connectivity index (χ0) is 17.6. The summed E-state index contributed by atoms with van der Waals surface area (Å²) in [7, 11) is -1.86. The highest BCUT2D eigenvalue weighted by Gasteiger charge is 2.30. The van der Waals surface area contributed by atoms with E-state index in [-0.39, 0.29) is 0 Å². The van der Waals surface area contributed by atoms with Gasteiger partial charge in [-0.05, 0) is 36.2 Å². The number of H-pyrrole nitrogens is 1. The lowest BCUT2D eigenvalue weighted by molar-refractivity contribution is 0.391. The predicted molar refractivity (Wildman–Crippen MR) is 97.3 cm³/mol. The van der Waals surface area contributed by atoms with E-state index in [1.807, 2.05) is 31.2 Å². The van der Waals surface area contributed by atoms with Gasteiger partial charge in [-0.1, -0.05) is 24.3 Å². The van der Waals surface area contributed by atoms with E-state index in [4.69, 9.17) is 4.74 Å². The third kappa shape index (κ3) is 2.62. The van der Waals surface area contributed by atoms with Crippen molar-refractivity contribution in [2.45, 2.75) is 24.8 Å². The van der Waals surface area contributed by atoms with Gasteiger partial charge in [0, 0.05) is 30.6 Å². The lowest BCUT2D eigenvalue weighted by Gasteiger charge is -2.26. The van der Waals surface area contributed by atoms with Gasteiger partial charge in [0.05, 0.1) is 17.5 Å². The summed E-state index contributed by atoms with van der Waals surface area (Å²) in [6, 6.07) is 12.9. The molecule has 0 fully saturated rings. The van der Waals surface area contributed by atoms with Crippen LogP contribution in [0.5, 0.6) is 5.75 Å². The average molecular weight is 356 g/mol. The third-order valence-electron chi connectivity index (χ3n) is 4.78. The largest absolute Gasteiger partial charge is 0.495 e. The molecule has 130 valence electrons. The minimum absolute atomic E-state index is 0.355. The number of fused-ring (bicyclic) bond motifs is 3. The van der Waals surface area contributed by atoms with Crippen LogP contribution in [0.3, 0.4) is 0 Å². The Morgan fingerprint density at radius 2 is 1.96 bits per heavy atom. The van der Waals surface area contributed by atoms with Crippen LogP contribution in [0.2, 0.25) is 0 Å². The number of aryl methyl sites for hydroxylation is 1. The van der Waals surface area contributed by atoms with Gasteiger partial charge >= 0.3 is 0 Å². The van der Waals surface area contributed by atoms with Gasteiger partial charge in [0.15, 0.2) is 0 Å². The molecular formula is C19H20N2O3S. The summed E-state index contributed by atoms with van der Waals surface area (Å²) in [5, 5.41) is 1.03. The number of ether oxygens (including phenoxy) is 1. The normalized spacial score (nSPS) is 15.3. The van der Waals surface area contributed by atoms with Crippen LogP contribution in [0.15, 0.2) is 47.4 Å². The number of rotatable bonds is 3. The van der Waals surface area contributed by atoms with Crippen LogP contribution in [0, 0.1) is 6.92 Å². The Kier molecular flexibility index (Phi) is 3.81. The highest BCUT2D eigenvalue weighted by Crippen LogP contribution is 2.34. The zero-order valence-electron chi connectivity index (χ0n) is 14.2. The second kappa shape index (κ2) is 5.89. The molecule has 25 heavy (non-hydrogen) atoms. The van der Waals surface area contributed by atoms with Gasteiger partial charge < -0.3 is 9.72 Å². The van der Waals surface area contributed by atoms with E-state index in [0.29, 0.717) is 24.4 Å². The van der Waals surface area contributed by atoms with E-state index in [1.165, 1.54) is 0 Å². The molecular weight excluding hydrogens is 336 g/mol. The molecule has 0 radical (unpaired) electrons. The van der Waals surface area contributed by atoms with E-state index in [2.05, 4.69) is 4.98 Å². The first-order valence-corrected chi connectivity index (χ1v) is 9.68. The van der Waals surface area contributed by atoms with Crippen molar-refractivity contribution < 1.29 is 13.2 Å². The maximum absolute atomic E-state index is 13.0. The van der Waals surface area contributed by atoms with Crippen molar-refractivity contribution in [3.05, 3.63) is 59.3 Å². The number of methoxy groups -OCH3 is 1. The average Bonchev–Trinajstić information content (AvgIpc) is 2.99. The highest BCUT2D eigenvalue weighted by molar-refractivity contribution is 7.89. The van der Waals surface area contributed by atoms with Gasteiger partial charge in [-0.2, -0.15) is 4.31 Å². The fourth-order valence-electron chi connectivity index (χ4n) is 3.49. The molecule has 3 aromatic rings. The molecule has 0 saturated carbocycles. The quantitative estimate of drug-likeness (QED) is 0.784. The number of benzene rings is 2. The number of aromatic amines is 1. The monoisotopic (exact) mass is 356 g/mol. The molecule has 1 aliphatic heterocycles. The molecule has 4 rings (SSSR count). The minimum Gasteiger partial charge on any atom is -0.495 e. The lowest BCUT2D eigenvalue weighted by atomic mass is 10.1. The fraction of sp³-hybridized carbons (Fsp3) is 0.263. The second-order valence-electron chi connectivity index (χ2n) is 6.37. The summed E-state index contributed by atoms with van der Waals surface area (Å²) in [6.45, 7) is 2.75. The van der Waals surface area contributed by atoms with E-state index < -0.39 is 10.0 Å². The Morgan fingerprint density at radius 1 is 1.16 bits per heavy atom. The van der Waals surface area contributed by atoms with Crippen LogP contribution < -0.4 is 4.74 Å². The number of para-hydroxylation sites is 1. The van der Waals surface area contributed by atoms with Gasteiger partial charge in [-0.3, -0.25) is 0 Å². The molecule has 0 bridgehead atoms. The summed E-state index contributed by atoms with van der Waals surface area (Å²) < 4.78 is 33.0. The summed E-state index contributed by atoms with van der Waals surface area (Å²) in [5.41, 5.74) is 4.01. The molecule has 1 N–H and O–H groups in total. The van der Waals surface area contributed by atoms with E-state index in [0.717, 1.165) is 33.5 Å². The van der Waals surface area contributed by atoms with Gasteiger partial charge in [0.2, 0.25) is 10.0 Å². The molecule has 5 nitrogen and oxygen atoms in total. The van der Waals surface area contributed by atoms with Crippen LogP contribution in [-0.4, -0.2) is 31.4 Å². The SMILES string of the molecule is COc1cccc2c3c([nH]c12)CCN(S(=O)(=O)c1cccc(C)c1)C3. The number of sulfonamides is 1. The van der Waals surface area contributed by atoms with Gasteiger partial charge in [-0.25, -0.2) is 8.42 Å². The highest BCUT2D eigenvalue weighted by atomic mass is 32.2.